The Morgan fingerprint density at radius 1 is 1.19 bits per heavy atom. The second-order valence-corrected chi connectivity index (χ2v) is 6.13. The first kappa shape index (κ1) is 15.4. The standard InChI is InChI=1S/C10H22N2O3S/c1-2-8-16(14,15)9-7-12-6-4-3-5-10(11)13/h12H,2-9H2,1H3,(H2,11,13). The minimum Gasteiger partial charge on any atom is -0.370 e. The molecule has 0 aromatic carbocycles. The largest absolute Gasteiger partial charge is 0.370 e. The Balaban J connectivity index is 3.37. The first-order valence-electron chi connectivity index (χ1n) is 5.67. The van der Waals surface area contributed by atoms with Crippen LogP contribution in [-0.4, -0.2) is 38.9 Å². The summed E-state index contributed by atoms with van der Waals surface area (Å²) >= 11 is 0. The van der Waals surface area contributed by atoms with Crippen LogP contribution in [-0.2, 0) is 14.6 Å². The molecular weight excluding hydrogens is 228 g/mol. The van der Waals surface area contributed by atoms with E-state index in [1.54, 1.807) is 0 Å². The highest BCUT2D eigenvalue weighted by atomic mass is 32.2. The van der Waals surface area contributed by atoms with Crippen LogP contribution in [0.3, 0.4) is 0 Å². The lowest BCUT2D eigenvalue weighted by atomic mass is 10.2. The molecule has 1 amide bonds. The number of rotatable bonds is 10. The molecule has 0 aliphatic carbocycles. The Morgan fingerprint density at radius 3 is 2.44 bits per heavy atom. The van der Waals surface area contributed by atoms with E-state index in [2.05, 4.69) is 5.32 Å². The molecule has 0 radical (unpaired) electrons. The molecule has 96 valence electrons. The van der Waals surface area contributed by atoms with Crippen molar-refractivity contribution >= 4 is 15.7 Å². The number of sulfone groups is 1. The smallest absolute Gasteiger partial charge is 0.217 e. The fraction of sp³-hybridized carbons (Fsp3) is 0.900. The predicted octanol–water partition coefficient (Wildman–Crippen LogP) is 0.0564. The molecule has 0 rings (SSSR count). The third-order valence-corrected chi connectivity index (χ3v) is 3.99. The van der Waals surface area contributed by atoms with Gasteiger partial charge in [-0.1, -0.05) is 6.92 Å². The van der Waals surface area contributed by atoms with E-state index in [9.17, 15) is 13.2 Å². The normalized spacial score (nSPS) is 11.6. The van der Waals surface area contributed by atoms with Gasteiger partial charge in [0.25, 0.3) is 0 Å². The number of nitrogens with one attached hydrogen (secondary N) is 1. The number of primary amides is 1. The van der Waals surface area contributed by atoms with Crippen molar-refractivity contribution in [3.05, 3.63) is 0 Å². The van der Waals surface area contributed by atoms with Gasteiger partial charge in [0.15, 0.2) is 9.84 Å². The quantitative estimate of drug-likeness (QED) is 0.536. The van der Waals surface area contributed by atoms with E-state index in [-0.39, 0.29) is 17.4 Å². The average Bonchev–Trinajstić information content (AvgIpc) is 2.15. The van der Waals surface area contributed by atoms with E-state index >= 15 is 0 Å². The molecule has 0 bridgehead atoms. The molecule has 0 fully saturated rings. The molecule has 3 N–H and O–H groups in total. The molecule has 5 nitrogen and oxygen atoms in total. The molecule has 0 aromatic heterocycles. The summed E-state index contributed by atoms with van der Waals surface area (Å²) in [5, 5.41) is 3.04. The summed E-state index contributed by atoms with van der Waals surface area (Å²) in [6.07, 6.45) is 2.66. The third-order valence-electron chi connectivity index (χ3n) is 2.13. The van der Waals surface area contributed by atoms with Gasteiger partial charge in [-0.3, -0.25) is 4.79 Å². The lowest BCUT2D eigenvalue weighted by Gasteiger charge is -2.04. The van der Waals surface area contributed by atoms with Crippen molar-refractivity contribution in [2.75, 3.05) is 24.6 Å². The zero-order valence-electron chi connectivity index (χ0n) is 9.87. The van der Waals surface area contributed by atoms with E-state index < -0.39 is 9.84 Å². The zero-order valence-corrected chi connectivity index (χ0v) is 10.7. The van der Waals surface area contributed by atoms with Crippen molar-refractivity contribution in [3.63, 3.8) is 0 Å². The van der Waals surface area contributed by atoms with Crippen LogP contribution in [0, 0.1) is 0 Å². The number of carbonyl (C=O) groups is 1. The van der Waals surface area contributed by atoms with Crippen LogP contribution in [0.2, 0.25) is 0 Å². The van der Waals surface area contributed by atoms with E-state index in [4.69, 9.17) is 5.73 Å². The molecule has 0 spiro atoms. The van der Waals surface area contributed by atoms with Crippen LogP contribution < -0.4 is 11.1 Å². The number of unbranched alkanes of at least 4 members (excludes halogenated alkanes) is 1. The fourth-order valence-corrected chi connectivity index (χ4v) is 2.60. The Kier molecular flexibility index (Phi) is 8.19. The van der Waals surface area contributed by atoms with Crippen LogP contribution in [0.15, 0.2) is 0 Å². The minimum atomic E-state index is -2.87. The predicted molar refractivity (Wildman–Crippen MR) is 64.9 cm³/mol. The van der Waals surface area contributed by atoms with Crippen LogP contribution in [0.1, 0.15) is 32.6 Å². The SMILES string of the molecule is CCCS(=O)(=O)CCNCCCCC(N)=O. The highest BCUT2D eigenvalue weighted by Gasteiger charge is 2.07. The lowest BCUT2D eigenvalue weighted by molar-refractivity contribution is -0.118. The highest BCUT2D eigenvalue weighted by molar-refractivity contribution is 7.91. The maximum Gasteiger partial charge on any atom is 0.217 e. The molecule has 16 heavy (non-hydrogen) atoms. The topological polar surface area (TPSA) is 89.3 Å². The van der Waals surface area contributed by atoms with Crippen LogP contribution in [0.5, 0.6) is 0 Å². The van der Waals surface area contributed by atoms with Gasteiger partial charge < -0.3 is 11.1 Å². The summed E-state index contributed by atoms with van der Waals surface area (Å²) in [5.41, 5.74) is 4.99. The fourth-order valence-electron chi connectivity index (χ4n) is 1.31. The van der Waals surface area contributed by atoms with Gasteiger partial charge in [-0.25, -0.2) is 8.42 Å². The molecule has 0 unspecified atom stereocenters. The van der Waals surface area contributed by atoms with E-state index in [0.29, 0.717) is 19.4 Å². The Bertz CT molecular complexity index is 288. The number of nitrogens with two attached hydrogens (primary N) is 1. The molecular formula is C10H22N2O3S. The van der Waals surface area contributed by atoms with E-state index in [0.717, 1.165) is 19.4 Å². The van der Waals surface area contributed by atoms with Gasteiger partial charge in [0, 0.05) is 18.7 Å². The highest BCUT2D eigenvalue weighted by Crippen LogP contribution is 1.94. The van der Waals surface area contributed by atoms with Crippen molar-refractivity contribution in [3.8, 4) is 0 Å². The molecule has 0 atom stereocenters. The Morgan fingerprint density at radius 2 is 1.88 bits per heavy atom. The molecule has 0 aromatic rings. The molecule has 0 saturated carbocycles. The molecule has 0 aliphatic heterocycles. The average molecular weight is 250 g/mol. The van der Waals surface area contributed by atoms with Crippen molar-refractivity contribution in [2.24, 2.45) is 5.73 Å². The lowest BCUT2D eigenvalue weighted by Crippen LogP contribution is -2.25. The third kappa shape index (κ3) is 9.92. The Hall–Kier alpha value is -0.620. The van der Waals surface area contributed by atoms with Crippen LogP contribution >= 0.6 is 0 Å². The number of hydrogen-bond acceptors (Lipinski definition) is 4. The molecule has 6 heteroatoms. The van der Waals surface area contributed by atoms with Gasteiger partial charge in [-0.2, -0.15) is 0 Å². The summed E-state index contributed by atoms with van der Waals surface area (Å²) in [6.45, 7) is 3.07. The number of carbonyl (C=O) groups excluding carboxylic acids is 1. The maximum atomic E-state index is 11.3. The first-order valence-corrected chi connectivity index (χ1v) is 7.49. The van der Waals surface area contributed by atoms with Crippen molar-refractivity contribution in [1.82, 2.24) is 5.32 Å². The number of amides is 1. The minimum absolute atomic E-state index is 0.191. The molecule has 0 saturated heterocycles. The van der Waals surface area contributed by atoms with Crippen molar-refractivity contribution in [2.45, 2.75) is 32.6 Å². The number of hydrogen-bond donors (Lipinski definition) is 2. The summed E-state index contributed by atoms with van der Waals surface area (Å²) in [7, 11) is -2.87. The van der Waals surface area contributed by atoms with Gasteiger partial charge in [0.05, 0.1) is 5.75 Å². The first-order chi connectivity index (χ1) is 7.48. The van der Waals surface area contributed by atoms with Gasteiger partial charge >= 0.3 is 0 Å². The molecule has 0 aliphatic rings. The Labute approximate surface area is 97.7 Å². The van der Waals surface area contributed by atoms with Crippen molar-refractivity contribution < 1.29 is 13.2 Å². The van der Waals surface area contributed by atoms with Gasteiger partial charge in [0.2, 0.25) is 5.91 Å². The van der Waals surface area contributed by atoms with Crippen molar-refractivity contribution in [1.29, 1.82) is 0 Å². The van der Waals surface area contributed by atoms with Gasteiger partial charge in [0.1, 0.15) is 0 Å². The van der Waals surface area contributed by atoms with E-state index in [1.165, 1.54) is 0 Å². The zero-order chi connectivity index (χ0) is 12.4. The summed E-state index contributed by atoms with van der Waals surface area (Å²) in [5.74, 6) is 0.165. The maximum absolute atomic E-state index is 11.3. The van der Waals surface area contributed by atoms with Gasteiger partial charge in [-0.05, 0) is 25.8 Å². The second-order valence-electron chi connectivity index (χ2n) is 3.83. The summed E-state index contributed by atoms with van der Waals surface area (Å²) in [6, 6.07) is 0. The van der Waals surface area contributed by atoms with E-state index in [1.807, 2.05) is 6.92 Å². The van der Waals surface area contributed by atoms with Crippen LogP contribution in [0.4, 0.5) is 0 Å². The summed E-state index contributed by atoms with van der Waals surface area (Å²) in [4.78, 5) is 10.4. The van der Waals surface area contributed by atoms with Gasteiger partial charge in [-0.15, -0.1) is 0 Å². The van der Waals surface area contributed by atoms with Crippen LogP contribution in [0.25, 0.3) is 0 Å². The monoisotopic (exact) mass is 250 g/mol. The second kappa shape index (κ2) is 8.52. The summed E-state index contributed by atoms with van der Waals surface area (Å²) < 4.78 is 22.6. The molecule has 0 heterocycles.